The molecule has 0 saturated carbocycles. The molecule has 0 radical (unpaired) electrons. The number of aromatic hydroxyl groups is 2. The second-order valence-electron chi connectivity index (χ2n) is 6.04. The predicted octanol–water partition coefficient (Wildman–Crippen LogP) is 4.90. The summed E-state index contributed by atoms with van der Waals surface area (Å²) in [6.45, 7) is 0.563. The Morgan fingerprint density at radius 1 is 0.852 bits per heavy atom. The van der Waals surface area contributed by atoms with Crippen LogP contribution >= 0.6 is 0 Å². The molecule has 0 atom stereocenters. The molecule has 3 rings (SSSR count). The molecule has 3 aromatic rings. The van der Waals surface area contributed by atoms with Crippen molar-refractivity contribution in [3.8, 4) is 17.2 Å². The molecule has 0 fully saturated rings. The van der Waals surface area contributed by atoms with Crippen LogP contribution in [0.3, 0.4) is 0 Å². The second kappa shape index (κ2) is 8.72. The molecule has 0 spiro atoms. The summed E-state index contributed by atoms with van der Waals surface area (Å²) in [5.41, 5.74) is 3.61. The van der Waals surface area contributed by atoms with Gasteiger partial charge in [0, 0.05) is 11.8 Å². The van der Waals surface area contributed by atoms with Crippen molar-refractivity contribution < 1.29 is 14.9 Å². The minimum atomic E-state index is 0.108. The van der Waals surface area contributed by atoms with E-state index in [1.165, 1.54) is 7.11 Å². The van der Waals surface area contributed by atoms with E-state index in [4.69, 9.17) is 4.74 Å². The highest BCUT2D eigenvalue weighted by Gasteiger charge is 2.02. The van der Waals surface area contributed by atoms with Crippen molar-refractivity contribution >= 4 is 18.4 Å². The Kier molecular flexibility index (Phi) is 5.90. The monoisotopic (exact) mass is 359 g/mol. The molecule has 0 unspecified atom stereocenters. The van der Waals surface area contributed by atoms with Gasteiger partial charge >= 0.3 is 0 Å². The molecule has 0 aliphatic rings. The van der Waals surface area contributed by atoms with Gasteiger partial charge in [0.1, 0.15) is 5.75 Å². The number of hydrogen-bond donors (Lipinski definition) is 2. The Balaban J connectivity index is 1.74. The number of rotatable bonds is 6. The van der Waals surface area contributed by atoms with Crippen LogP contribution in [0.25, 0.3) is 12.2 Å². The minimum Gasteiger partial charge on any atom is -0.507 e. The number of phenols is 2. The quantitative estimate of drug-likeness (QED) is 0.486. The molecule has 136 valence electrons. The summed E-state index contributed by atoms with van der Waals surface area (Å²) in [6, 6.07) is 20.5. The van der Waals surface area contributed by atoms with E-state index in [0.717, 1.165) is 16.7 Å². The van der Waals surface area contributed by atoms with E-state index in [9.17, 15) is 10.2 Å². The zero-order chi connectivity index (χ0) is 19.1. The average Bonchev–Trinajstić information content (AvgIpc) is 2.70. The molecule has 0 aliphatic heterocycles. The van der Waals surface area contributed by atoms with Crippen molar-refractivity contribution in [2.45, 2.75) is 6.54 Å². The van der Waals surface area contributed by atoms with Crippen molar-refractivity contribution in [3.05, 3.63) is 89.0 Å². The lowest BCUT2D eigenvalue weighted by molar-refractivity contribution is 0.373. The Hall–Kier alpha value is -3.53. The smallest absolute Gasteiger partial charge is 0.161 e. The van der Waals surface area contributed by atoms with Gasteiger partial charge in [-0.1, -0.05) is 54.6 Å². The van der Waals surface area contributed by atoms with E-state index in [0.29, 0.717) is 17.9 Å². The third-order valence-corrected chi connectivity index (χ3v) is 4.07. The lowest BCUT2D eigenvalue weighted by atomic mass is 10.1. The van der Waals surface area contributed by atoms with Crippen molar-refractivity contribution in [2.75, 3.05) is 7.11 Å². The first-order valence-electron chi connectivity index (χ1n) is 8.57. The first kappa shape index (κ1) is 18.3. The predicted molar refractivity (Wildman–Crippen MR) is 109 cm³/mol. The molecule has 4 heteroatoms. The molecule has 3 aromatic carbocycles. The third-order valence-electron chi connectivity index (χ3n) is 4.07. The van der Waals surface area contributed by atoms with Crippen LogP contribution in [-0.2, 0) is 6.54 Å². The maximum Gasteiger partial charge on any atom is 0.161 e. The Labute approximate surface area is 158 Å². The van der Waals surface area contributed by atoms with Gasteiger partial charge in [0.25, 0.3) is 0 Å². The molecule has 2 N–H and O–H groups in total. The Morgan fingerprint density at radius 2 is 1.52 bits per heavy atom. The number of aliphatic imine (C=N–C) groups is 1. The zero-order valence-electron chi connectivity index (χ0n) is 15.0. The molecular formula is C23H21NO3. The lowest BCUT2D eigenvalue weighted by Gasteiger charge is -2.04. The fourth-order valence-corrected chi connectivity index (χ4v) is 2.60. The van der Waals surface area contributed by atoms with Gasteiger partial charge < -0.3 is 14.9 Å². The van der Waals surface area contributed by atoms with Crippen LogP contribution in [0.2, 0.25) is 0 Å². The molecule has 0 amide bonds. The summed E-state index contributed by atoms with van der Waals surface area (Å²) < 4.78 is 5.12. The SMILES string of the molecule is COc1cc(C=Cc2ccc(O)c(C=NCc3ccccc3)c2)ccc1O. The topological polar surface area (TPSA) is 62.0 Å². The van der Waals surface area contributed by atoms with Crippen molar-refractivity contribution in [1.82, 2.24) is 0 Å². The van der Waals surface area contributed by atoms with Crippen LogP contribution in [0.1, 0.15) is 22.3 Å². The standard InChI is InChI=1S/C23H21NO3/c1-27-23-14-18(10-12-22(23)26)8-7-17-9-11-21(25)20(13-17)16-24-15-19-5-3-2-4-6-19/h2-14,16,25-26H,15H2,1H3. The summed E-state index contributed by atoms with van der Waals surface area (Å²) in [4.78, 5) is 4.41. The number of ether oxygens (including phenoxy) is 1. The number of methoxy groups -OCH3 is 1. The number of benzene rings is 3. The van der Waals surface area contributed by atoms with Gasteiger partial charge in [-0.25, -0.2) is 0 Å². The summed E-state index contributed by atoms with van der Waals surface area (Å²) in [6.07, 6.45) is 5.53. The van der Waals surface area contributed by atoms with Gasteiger partial charge in [-0.05, 0) is 41.0 Å². The van der Waals surface area contributed by atoms with Crippen LogP contribution < -0.4 is 4.74 Å². The van der Waals surface area contributed by atoms with E-state index in [1.54, 1.807) is 30.5 Å². The number of hydrogen-bond acceptors (Lipinski definition) is 4. The molecule has 0 bridgehead atoms. The second-order valence-corrected chi connectivity index (χ2v) is 6.04. The van der Waals surface area contributed by atoms with E-state index >= 15 is 0 Å². The van der Waals surface area contributed by atoms with Crippen LogP contribution in [0.5, 0.6) is 17.2 Å². The van der Waals surface area contributed by atoms with E-state index < -0.39 is 0 Å². The van der Waals surface area contributed by atoms with Gasteiger partial charge in [0.15, 0.2) is 11.5 Å². The maximum absolute atomic E-state index is 10.1. The van der Waals surface area contributed by atoms with Crippen LogP contribution in [0, 0.1) is 0 Å². The fraction of sp³-hybridized carbons (Fsp3) is 0.0870. The van der Waals surface area contributed by atoms with E-state index in [1.807, 2.05) is 54.6 Å². The van der Waals surface area contributed by atoms with Gasteiger partial charge in [0.2, 0.25) is 0 Å². The minimum absolute atomic E-state index is 0.108. The van der Waals surface area contributed by atoms with Gasteiger partial charge in [-0.3, -0.25) is 4.99 Å². The normalized spacial score (nSPS) is 11.3. The van der Waals surface area contributed by atoms with Crippen molar-refractivity contribution in [2.24, 2.45) is 4.99 Å². The third kappa shape index (κ3) is 4.98. The molecule has 0 saturated heterocycles. The number of nitrogens with zero attached hydrogens (tertiary/aromatic N) is 1. The largest absolute Gasteiger partial charge is 0.507 e. The molecule has 27 heavy (non-hydrogen) atoms. The molecule has 0 aliphatic carbocycles. The summed E-state index contributed by atoms with van der Waals surface area (Å²) in [5, 5.41) is 19.7. The van der Waals surface area contributed by atoms with Crippen molar-refractivity contribution in [1.29, 1.82) is 0 Å². The lowest BCUT2D eigenvalue weighted by Crippen LogP contribution is -1.87. The average molecular weight is 359 g/mol. The van der Waals surface area contributed by atoms with Gasteiger partial charge in [-0.15, -0.1) is 0 Å². The first-order chi connectivity index (χ1) is 13.2. The highest BCUT2D eigenvalue weighted by Crippen LogP contribution is 2.27. The first-order valence-corrected chi connectivity index (χ1v) is 8.57. The zero-order valence-corrected chi connectivity index (χ0v) is 15.0. The Bertz CT molecular complexity index is 963. The van der Waals surface area contributed by atoms with E-state index in [-0.39, 0.29) is 11.5 Å². The molecular weight excluding hydrogens is 338 g/mol. The Morgan fingerprint density at radius 3 is 2.22 bits per heavy atom. The summed E-state index contributed by atoms with van der Waals surface area (Å²) >= 11 is 0. The summed E-state index contributed by atoms with van der Waals surface area (Å²) in [5.74, 6) is 0.725. The van der Waals surface area contributed by atoms with Crippen molar-refractivity contribution in [3.63, 3.8) is 0 Å². The van der Waals surface area contributed by atoms with Gasteiger partial charge in [0.05, 0.1) is 13.7 Å². The molecule has 0 heterocycles. The van der Waals surface area contributed by atoms with Crippen LogP contribution in [-0.4, -0.2) is 23.5 Å². The maximum atomic E-state index is 10.1. The molecule has 4 nitrogen and oxygen atoms in total. The number of phenolic OH excluding ortho intramolecular Hbond substituents is 2. The molecule has 0 aromatic heterocycles. The van der Waals surface area contributed by atoms with Crippen LogP contribution in [0.15, 0.2) is 71.7 Å². The highest BCUT2D eigenvalue weighted by molar-refractivity contribution is 5.85. The highest BCUT2D eigenvalue weighted by atomic mass is 16.5. The van der Waals surface area contributed by atoms with Crippen LogP contribution in [0.4, 0.5) is 0 Å². The van der Waals surface area contributed by atoms with Gasteiger partial charge in [-0.2, -0.15) is 0 Å². The fourth-order valence-electron chi connectivity index (χ4n) is 2.60. The summed E-state index contributed by atoms with van der Waals surface area (Å²) in [7, 11) is 1.52. The van der Waals surface area contributed by atoms with E-state index in [2.05, 4.69) is 4.99 Å².